The topological polar surface area (TPSA) is 35.5 Å². The maximum atomic E-state index is 11.9. The first-order valence-corrected chi connectivity index (χ1v) is 11.1. The molecule has 0 aromatic carbocycles. The van der Waals surface area contributed by atoms with Crippen molar-refractivity contribution in [2.45, 2.75) is 78.1 Å². The van der Waals surface area contributed by atoms with E-state index in [1.807, 2.05) is 20.8 Å². The minimum atomic E-state index is -1.84. The van der Waals surface area contributed by atoms with E-state index in [0.717, 1.165) is 24.0 Å². The summed E-state index contributed by atoms with van der Waals surface area (Å²) in [6.45, 7) is 17.4. The zero-order chi connectivity index (χ0) is 17.2. The number of carbonyl (C=O) groups excluding carboxylic acids is 1. The van der Waals surface area contributed by atoms with Crippen LogP contribution in [0.5, 0.6) is 0 Å². The predicted octanol–water partition coefficient (Wildman–Crippen LogP) is 5.00. The molecule has 126 valence electrons. The molecule has 4 heteroatoms. The SMILES string of the molecule is C/C=C/C1(O[Si](C)(C)C(C)(C)C)CC(=C(C)C(=O)OCC)C1. The Morgan fingerprint density at radius 2 is 1.86 bits per heavy atom. The zero-order valence-electron chi connectivity index (χ0n) is 15.5. The molecule has 22 heavy (non-hydrogen) atoms. The van der Waals surface area contributed by atoms with Gasteiger partial charge in [0.15, 0.2) is 8.32 Å². The summed E-state index contributed by atoms with van der Waals surface area (Å²) in [6.07, 6.45) is 5.82. The van der Waals surface area contributed by atoms with E-state index in [1.54, 1.807) is 0 Å². The number of esters is 1. The fourth-order valence-electron chi connectivity index (χ4n) is 2.51. The van der Waals surface area contributed by atoms with Crippen LogP contribution in [0.25, 0.3) is 0 Å². The zero-order valence-corrected chi connectivity index (χ0v) is 16.5. The highest BCUT2D eigenvalue weighted by molar-refractivity contribution is 6.74. The quantitative estimate of drug-likeness (QED) is 0.309. The van der Waals surface area contributed by atoms with Crippen molar-refractivity contribution in [2.75, 3.05) is 6.61 Å². The van der Waals surface area contributed by atoms with Crippen molar-refractivity contribution in [2.24, 2.45) is 0 Å². The molecule has 1 aliphatic carbocycles. The lowest BCUT2D eigenvalue weighted by Gasteiger charge is -2.50. The normalized spacial score (nSPS) is 22.6. The summed E-state index contributed by atoms with van der Waals surface area (Å²) in [5.41, 5.74) is 1.68. The van der Waals surface area contributed by atoms with Gasteiger partial charge in [0.1, 0.15) is 0 Å². The van der Waals surface area contributed by atoms with E-state index in [1.165, 1.54) is 0 Å². The molecule has 0 aliphatic heterocycles. The van der Waals surface area contributed by atoms with Gasteiger partial charge < -0.3 is 9.16 Å². The van der Waals surface area contributed by atoms with Crippen molar-refractivity contribution in [1.82, 2.24) is 0 Å². The van der Waals surface area contributed by atoms with E-state index >= 15 is 0 Å². The Morgan fingerprint density at radius 3 is 2.27 bits per heavy atom. The van der Waals surface area contributed by atoms with E-state index in [-0.39, 0.29) is 16.6 Å². The van der Waals surface area contributed by atoms with E-state index in [9.17, 15) is 4.79 Å². The lowest BCUT2D eigenvalue weighted by atomic mass is 9.73. The molecule has 3 nitrogen and oxygen atoms in total. The number of hydrogen-bond acceptors (Lipinski definition) is 3. The second kappa shape index (κ2) is 6.71. The average Bonchev–Trinajstić information content (AvgIpc) is 2.33. The fraction of sp³-hybridized carbons (Fsp3) is 0.722. The largest absolute Gasteiger partial charge is 0.463 e. The summed E-state index contributed by atoms with van der Waals surface area (Å²) in [5.74, 6) is -0.195. The Balaban J connectivity index is 2.93. The van der Waals surface area contributed by atoms with E-state index in [0.29, 0.717) is 6.61 Å². The summed E-state index contributed by atoms with van der Waals surface area (Å²) in [4.78, 5) is 11.9. The first kappa shape index (κ1) is 19.2. The van der Waals surface area contributed by atoms with Crippen molar-refractivity contribution in [3.05, 3.63) is 23.3 Å². The van der Waals surface area contributed by atoms with Gasteiger partial charge >= 0.3 is 5.97 Å². The van der Waals surface area contributed by atoms with Crippen LogP contribution in [0.15, 0.2) is 23.3 Å². The second-order valence-corrected chi connectivity index (χ2v) is 12.5. The maximum Gasteiger partial charge on any atom is 0.333 e. The minimum Gasteiger partial charge on any atom is -0.463 e. The first-order valence-electron chi connectivity index (χ1n) is 8.18. The van der Waals surface area contributed by atoms with Crippen LogP contribution in [0.4, 0.5) is 0 Å². The van der Waals surface area contributed by atoms with Gasteiger partial charge in [-0.05, 0) is 38.9 Å². The number of ether oxygens (including phenoxy) is 1. The summed E-state index contributed by atoms with van der Waals surface area (Å²) >= 11 is 0. The van der Waals surface area contributed by atoms with Gasteiger partial charge in [-0.2, -0.15) is 0 Å². The summed E-state index contributed by atoms with van der Waals surface area (Å²) in [6, 6.07) is 0. The van der Waals surface area contributed by atoms with E-state index in [2.05, 4.69) is 46.0 Å². The Hall–Kier alpha value is -0.873. The Bertz CT molecular complexity index is 473. The minimum absolute atomic E-state index is 0.178. The van der Waals surface area contributed by atoms with Crippen LogP contribution in [0.2, 0.25) is 18.1 Å². The molecule has 0 saturated heterocycles. The lowest BCUT2D eigenvalue weighted by Crippen LogP contribution is -2.53. The number of carbonyl (C=O) groups is 1. The van der Waals surface area contributed by atoms with Gasteiger partial charge in [-0.25, -0.2) is 4.79 Å². The Kier molecular flexibility index (Phi) is 5.85. The van der Waals surface area contributed by atoms with Crippen molar-refractivity contribution in [3.8, 4) is 0 Å². The van der Waals surface area contributed by atoms with Gasteiger partial charge in [-0.15, -0.1) is 0 Å². The molecule has 0 aromatic rings. The van der Waals surface area contributed by atoms with Crippen molar-refractivity contribution in [1.29, 1.82) is 0 Å². The van der Waals surface area contributed by atoms with Crippen LogP contribution in [-0.4, -0.2) is 26.5 Å². The molecule has 0 heterocycles. The van der Waals surface area contributed by atoms with Crippen molar-refractivity contribution >= 4 is 14.3 Å². The van der Waals surface area contributed by atoms with Crippen LogP contribution in [0, 0.1) is 0 Å². The molecule has 1 aliphatic rings. The van der Waals surface area contributed by atoms with Gasteiger partial charge in [0.25, 0.3) is 0 Å². The van der Waals surface area contributed by atoms with Gasteiger partial charge in [0.05, 0.1) is 12.2 Å². The molecule has 1 fully saturated rings. The van der Waals surface area contributed by atoms with Gasteiger partial charge in [-0.3, -0.25) is 0 Å². The Morgan fingerprint density at radius 1 is 1.32 bits per heavy atom. The highest BCUT2D eigenvalue weighted by Gasteiger charge is 2.48. The molecule has 0 unspecified atom stereocenters. The monoisotopic (exact) mass is 324 g/mol. The highest BCUT2D eigenvalue weighted by Crippen LogP contribution is 2.49. The maximum absolute atomic E-state index is 11.9. The molecule has 0 aromatic heterocycles. The molecule has 0 bridgehead atoms. The Labute approximate surface area is 136 Å². The lowest BCUT2D eigenvalue weighted by molar-refractivity contribution is -0.138. The smallest absolute Gasteiger partial charge is 0.333 e. The first-order chi connectivity index (χ1) is 9.98. The van der Waals surface area contributed by atoms with Crippen molar-refractivity contribution in [3.63, 3.8) is 0 Å². The van der Waals surface area contributed by atoms with E-state index < -0.39 is 8.32 Å². The van der Waals surface area contributed by atoms with E-state index in [4.69, 9.17) is 9.16 Å². The van der Waals surface area contributed by atoms with Crippen LogP contribution in [0.1, 0.15) is 54.4 Å². The molecule has 0 atom stereocenters. The third kappa shape index (κ3) is 4.11. The second-order valence-electron chi connectivity index (χ2n) is 7.73. The highest BCUT2D eigenvalue weighted by atomic mass is 28.4. The van der Waals surface area contributed by atoms with Crippen LogP contribution < -0.4 is 0 Å². The molecule has 0 N–H and O–H groups in total. The average molecular weight is 325 g/mol. The number of hydrogen-bond donors (Lipinski definition) is 0. The summed E-state index contributed by atoms with van der Waals surface area (Å²) in [5, 5.41) is 0.178. The molecule has 1 rings (SSSR count). The predicted molar refractivity (Wildman–Crippen MR) is 94.4 cm³/mol. The molecular weight excluding hydrogens is 292 g/mol. The molecular formula is C18H32O3Si. The van der Waals surface area contributed by atoms with Crippen molar-refractivity contribution < 1.29 is 14.0 Å². The van der Waals surface area contributed by atoms with Crippen LogP contribution in [0.3, 0.4) is 0 Å². The molecule has 0 spiro atoms. The third-order valence-electron chi connectivity index (χ3n) is 4.87. The molecule has 0 radical (unpaired) electrons. The van der Waals surface area contributed by atoms with Gasteiger partial charge in [0, 0.05) is 18.4 Å². The molecule has 1 saturated carbocycles. The number of allylic oxidation sites excluding steroid dienone is 1. The van der Waals surface area contributed by atoms with Gasteiger partial charge in [0.2, 0.25) is 0 Å². The number of rotatable bonds is 5. The fourth-order valence-corrected chi connectivity index (χ4v) is 4.04. The molecule has 0 amide bonds. The van der Waals surface area contributed by atoms with Gasteiger partial charge in [-0.1, -0.05) is 38.5 Å². The van der Waals surface area contributed by atoms with Crippen LogP contribution >= 0.6 is 0 Å². The third-order valence-corrected chi connectivity index (χ3v) is 9.40. The summed E-state index contributed by atoms with van der Waals surface area (Å²) < 4.78 is 11.7. The summed E-state index contributed by atoms with van der Waals surface area (Å²) in [7, 11) is -1.84. The standard InChI is InChI=1S/C18H32O3Si/c1-9-11-18(21-22(7,8)17(4,5)6)12-15(13-18)14(3)16(19)20-10-2/h9,11H,10,12-13H2,1-8H3/b11-9+,15-14?. The van der Waals surface area contributed by atoms with Crippen LogP contribution in [-0.2, 0) is 14.0 Å².